The van der Waals surface area contributed by atoms with E-state index >= 15 is 0 Å². The average Bonchev–Trinajstić information content (AvgIpc) is 2.34. The molecule has 0 amide bonds. The minimum Gasteiger partial charge on any atom is -0.492 e. The number of nitrogen functional groups attached to an aromatic ring is 1. The predicted molar refractivity (Wildman–Crippen MR) is 75.9 cm³/mol. The molecule has 1 saturated heterocycles. The van der Waals surface area contributed by atoms with E-state index in [4.69, 9.17) is 10.5 Å². The zero-order chi connectivity index (χ0) is 13.0. The van der Waals surface area contributed by atoms with Gasteiger partial charge in [0, 0.05) is 18.8 Å². The summed E-state index contributed by atoms with van der Waals surface area (Å²) in [7, 11) is 0. The molecule has 2 rings (SSSR count). The summed E-state index contributed by atoms with van der Waals surface area (Å²) in [6.45, 7) is 8.55. The Bertz CT molecular complexity index is 392. The molecule has 2 N–H and O–H groups in total. The number of anilines is 1. The Balaban J connectivity index is 1.76. The van der Waals surface area contributed by atoms with E-state index in [0.717, 1.165) is 36.1 Å². The molecule has 0 aromatic heterocycles. The first-order valence-corrected chi connectivity index (χ1v) is 6.86. The van der Waals surface area contributed by atoms with Gasteiger partial charge in [0.25, 0.3) is 0 Å². The maximum absolute atomic E-state index is 5.79. The van der Waals surface area contributed by atoms with E-state index in [-0.39, 0.29) is 0 Å². The van der Waals surface area contributed by atoms with E-state index in [2.05, 4.69) is 11.8 Å². The third kappa shape index (κ3) is 3.64. The van der Waals surface area contributed by atoms with Crippen LogP contribution < -0.4 is 10.5 Å². The molecule has 100 valence electrons. The quantitative estimate of drug-likeness (QED) is 0.833. The van der Waals surface area contributed by atoms with Gasteiger partial charge in [0.15, 0.2) is 0 Å². The summed E-state index contributed by atoms with van der Waals surface area (Å²) in [6.07, 6.45) is 2.69. The highest BCUT2D eigenvalue weighted by molar-refractivity contribution is 5.49. The molecular weight excluding hydrogens is 224 g/mol. The van der Waals surface area contributed by atoms with Gasteiger partial charge < -0.3 is 10.5 Å². The number of aryl methyl sites for hydroxylation is 1. The number of nitrogens with two attached hydrogens (primary N) is 1. The Labute approximate surface area is 110 Å². The van der Waals surface area contributed by atoms with Crippen molar-refractivity contribution in [2.75, 3.05) is 32.0 Å². The lowest BCUT2D eigenvalue weighted by molar-refractivity contribution is 0.153. The molecule has 0 saturated carbocycles. The molecular formula is C15H24N2O. The first-order valence-electron chi connectivity index (χ1n) is 6.86. The Morgan fingerprint density at radius 1 is 1.44 bits per heavy atom. The molecule has 0 radical (unpaired) electrons. The third-order valence-electron chi connectivity index (χ3n) is 3.66. The fraction of sp³-hybridized carbons (Fsp3) is 0.600. The average molecular weight is 248 g/mol. The van der Waals surface area contributed by atoms with Gasteiger partial charge in [-0.2, -0.15) is 0 Å². The summed E-state index contributed by atoms with van der Waals surface area (Å²) < 4.78 is 5.78. The number of hydrogen-bond acceptors (Lipinski definition) is 3. The summed E-state index contributed by atoms with van der Waals surface area (Å²) in [5.41, 5.74) is 7.69. The number of ether oxygens (including phenoxy) is 1. The molecule has 0 spiro atoms. The second-order valence-electron chi connectivity index (χ2n) is 5.41. The van der Waals surface area contributed by atoms with Crippen LogP contribution in [0.4, 0.5) is 5.69 Å². The van der Waals surface area contributed by atoms with Gasteiger partial charge in [-0.3, -0.25) is 4.90 Å². The number of likely N-dealkylation sites (tertiary alicyclic amines) is 1. The first-order chi connectivity index (χ1) is 8.65. The van der Waals surface area contributed by atoms with Crippen LogP contribution in [0.5, 0.6) is 5.75 Å². The van der Waals surface area contributed by atoms with Crippen molar-refractivity contribution in [2.45, 2.75) is 26.7 Å². The van der Waals surface area contributed by atoms with Crippen LogP contribution in [0.3, 0.4) is 0 Å². The van der Waals surface area contributed by atoms with Crippen molar-refractivity contribution in [3.8, 4) is 5.75 Å². The van der Waals surface area contributed by atoms with Gasteiger partial charge in [0.05, 0.1) is 0 Å². The van der Waals surface area contributed by atoms with Crippen LogP contribution in [-0.4, -0.2) is 31.1 Å². The Kier molecular flexibility index (Phi) is 4.48. The van der Waals surface area contributed by atoms with Crippen molar-refractivity contribution in [1.29, 1.82) is 0 Å². The zero-order valence-corrected chi connectivity index (χ0v) is 11.5. The highest BCUT2D eigenvalue weighted by Gasteiger charge is 2.15. The molecule has 1 atom stereocenters. The predicted octanol–water partition coefficient (Wildman–Crippen LogP) is 2.69. The number of rotatable bonds is 4. The molecule has 18 heavy (non-hydrogen) atoms. The minimum atomic E-state index is 0.760. The zero-order valence-electron chi connectivity index (χ0n) is 11.5. The molecule has 0 bridgehead atoms. The highest BCUT2D eigenvalue weighted by atomic mass is 16.5. The second kappa shape index (κ2) is 6.10. The molecule has 1 aliphatic heterocycles. The van der Waals surface area contributed by atoms with E-state index in [0.29, 0.717) is 0 Å². The standard InChI is InChI=1S/C15H24N2O/c1-12-4-3-7-17(11-12)8-9-18-14-5-6-15(16)13(2)10-14/h5-6,10,12H,3-4,7-9,11,16H2,1-2H3. The summed E-state index contributed by atoms with van der Waals surface area (Å²) in [6, 6.07) is 5.86. The monoisotopic (exact) mass is 248 g/mol. The molecule has 3 heteroatoms. The largest absolute Gasteiger partial charge is 0.492 e. The van der Waals surface area contributed by atoms with E-state index in [1.165, 1.54) is 25.9 Å². The highest BCUT2D eigenvalue weighted by Crippen LogP contribution is 2.19. The van der Waals surface area contributed by atoms with Gasteiger partial charge in [0.1, 0.15) is 12.4 Å². The van der Waals surface area contributed by atoms with Gasteiger partial charge >= 0.3 is 0 Å². The van der Waals surface area contributed by atoms with E-state index in [1.54, 1.807) is 0 Å². The SMILES string of the molecule is Cc1cc(OCCN2CCCC(C)C2)ccc1N. The van der Waals surface area contributed by atoms with Gasteiger partial charge in [0.2, 0.25) is 0 Å². The topological polar surface area (TPSA) is 38.5 Å². The van der Waals surface area contributed by atoms with Gasteiger partial charge in [-0.05, 0) is 56.0 Å². The number of benzene rings is 1. The van der Waals surface area contributed by atoms with E-state index in [1.807, 2.05) is 25.1 Å². The van der Waals surface area contributed by atoms with E-state index in [9.17, 15) is 0 Å². The van der Waals surface area contributed by atoms with Crippen molar-refractivity contribution in [3.63, 3.8) is 0 Å². The number of hydrogen-bond donors (Lipinski definition) is 1. The van der Waals surface area contributed by atoms with Crippen LogP contribution >= 0.6 is 0 Å². The second-order valence-corrected chi connectivity index (χ2v) is 5.41. The van der Waals surface area contributed by atoms with E-state index < -0.39 is 0 Å². The maximum Gasteiger partial charge on any atom is 0.119 e. The smallest absolute Gasteiger partial charge is 0.119 e. The van der Waals surface area contributed by atoms with Crippen molar-refractivity contribution >= 4 is 5.69 Å². The summed E-state index contributed by atoms with van der Waals surface area (Å²) in [5.74, 6) is 1.75. The minimum absolute atomic E-state index is 0.760. The molecule has 1 aromatic rings. The lowest BCUT2D eigenvalue weighted by atomic mass is 10.0. The maximum atomic E-state index is 5.79. The Morgan fingerprint density at radius 2 is 2.28 bits per heavy atom. The molecule has 1 heterocycles. The summed E-state index contributed by atoms with van der Waals surface area (Å²) in [5, 5.41) is 0. The fourth-order valence-electron chi connectivity index (χ4n) is 2.52. The molecule has 1 aromatic carbocycles. The number of nitrogens with zero attached hydrogens (tertiary/aromatic N) is 1. The summed E-state index contributed by atoms with van der Waals surface area (Å²) in [4.78, 5) is 2.50. The van der Waals surface area contributed by atoms with Crippen molar-refractivity contribution in [1.82, 2.24) is 4.90 Å². The molecule has 1 unspecified atom stereocenters. The molecule has 1 aliphatic rings. The van der Waals surface area contributed by atoms with Crippen LogP contribution in [0.2, 0.25) is 0 Å². The fourth-order valence-corrected chi connectivity index (χ4v) is 2.52. The normalized spacial score (nSPS) is 20.9. The Hall–Kier alpha value is -1.22. The molecule has 1 fully saturated rings. The van der Waals surface area contributed by atoms with Gasteiger partial charge in [-0.1, -0.05) is 6.92 Å². The first kappa shape index (κ1) is 13.2. The van der Waals surface area contributed by atoms with Crippen molar-refractivity contribution < 1.29 is 4.74 Å². The van der Waals surface area contributed by atoms with Crippen LogP contribution in [-0.2, 0) is 0 Å². The van der Waals surface area contributed by atoms with Crippen LogP contribution in [0, 0.1) is 12.8 Å². The molecule has 3 nitrogen and oxygen atoms in total. The van der Waals surface area contributed by atoms with Gasteiger partial charge in [-0.15, -0.1) is 0 Å². The van der Waals surface area contributed by atoms with Crippen LogP contribution in [0.1, 0.15) is 25.3 Å². The van der Waals surface area contributed by atoms with Crippen molar-refractivity contribution in [3.05, 3.63) is 23.8 Å². The Morgan fingerprint density at radius 3 is 3.00 bits per heavy atom. The van der Waals surface area contributed by atoms with Crippen molar-refractivity contribution in [2.24, 2.45) is 5.92 Å². The third-order valence-corrected chi connectivity index (χ3v) is 3.66. The van der Waals surface area contributed by atoms with Gasteiger partial charge in [-0.25, -0.2) is 0 Å². The van der Waals surface area contributed by atoms with Crippen LogP contribution in [0.25, 0.3) is 0 Å². The van der Waals surface area contributed by atoms with Crippen LogP contribution in [0.15, 0.2) is 18.2 Å². The lowest BCUT2D eigenvalue weighted by Gasteiger charge is -2.30. The summed E-state index contributed by atoms with van der Waals surface area (Å²) >= 11 is 0. The number of piperidine rings is 1. The lowest BCUT2D eigenvalue weighted by Crippen LogP contribution is -2.37. The molecule has 0 aliphatic carbocycles.